The van der Waals surface area contributed by atoms with Crippen molar-refractivity contribution in [2.24, 2.45) is 0 Å². The minimum absolute atomic E-state index is 0.263. The standard InChI is InChI=1S/C13H9ClN2/c14-13-12(8-15)7-11(9-16-13)6-10-4-2-1-3-5-10/h1-5,7,9H,6H2. The van der Waals surface area contributed by atoms with Crippen LogP contribution in [0.3, 0.4) is 0 Å². The number of benzene rings is 1. The summed E-state index contributed by atoms with van der Waals surface area (Å²) < 4.78 is 0. The van der Waals surface area contributed by atoms with Gasteiger partial charge in [-0.05, 0) is 23.6 Å². The van der Waals surface area contributed by atoms with E-state index in [0.717, 1.165) is 12.0 Å². The summed E-state index contributed by atoms with van der Waals surface area (Å²) in [5, 5.41) is 9.10. The fourth-order valence-electron chi connectivity index (χ4n) is 1.50. The molecule has 0 saturated carbocycles. The monoisotopic (exact) mass is 228 g/mol. The van der Waals surface area contributed by atoms with E-state index in [0.29, 0.717) is 5.56 Å². The second-order valence-corrected chi connectivity index (χ2v) is 3.81. The molecule has 78 valence electrons. The predicted octanol–water partition coefficient (Wildman–Crippen LogP) is 3.20. The van der Waals surface area contributed by atoms with Crippen LogP contribution in [0.4, 0.5) is 0 Å². The molecule has 0 fully saturated rings. The SMILES string of the molecule is N#Cc1cc(Cc2ccccc2)cnc1Cl. The summed E-state index contributed by atoms with van der Waals surface area (Å²) in [5.41, 5.74) is 2.61. The van der Waals surface area contributed by atoms with Crippen LogP contribution in [-0.4, -0.2) is 4.98 Å². The van der Waals surface area contributed by atoms with E-state index >= 15 is 0 Å². The number of aromatic nitrogens is 1. The zero-order valence-corrected chi connectivity index (χ0v) is 9.28. The second-order valence-electron chi connectivity index (χ2n) is 3.46. The molecule has 1 heterocycles. The summed E-state index contributed by atoms with van der Waals surface area (Å²) in [6.07, 6.45) is 2.47. The number of hydrogen-bond acceptors (Lipinski definition) is 2. The highest BCUT2D eigenvalue weighted by Gasteiger charge is 2.03. The zero-order chi connectivity index (χ0) is 11.4. The average Bonchev–Trinajstić information content (AvgIpc) is 2.33. The molecule has 0 aliphatic carbocycles. The van der Waals surface area contributed by atoms with Crippen molar-refractivity contribution in [1.29, 1.82) is 5.26 Å². The van der Waals surface area contributed by atoms with Crippen LogP contribution in [0.15, 0.2) is 42.6 Å². The van der Waals surface area contributed by atoms with Crippen molar-refractivity contribution >= 4 is 11.6 Å². The normalized spacial score (nSPS) is 9.75. The van der Waals surface area contributed by atoms with Gasteiger partial charge >= 0.3 is 0 Å². The molecule has 0 spiro atoms. The Labute approximate surface area is 99.1 Å². The van der Waals surface area contributed by atoms with Crippen molar-refractivity contribution in [2.45, 2.75) is 6.42 Å². The Hall–Kier alpha value is -1.85. The fourth-order valence-corrected chi connectivity index (χ4v) is 1.64. The van der Waals surface area contributed by atoms with Crippen molar-refractivity contribution in [2.75, 3.05) is 0 Å². The first kappa shape index (κ1) is 10.7. The Kier molecular flexibility index (Phi) is 3.19. The second kappa shape index (κ2) is 4.78. The summed E-state index contributed by atoms with van der Waals surface area (Å²) >= 11 is 5.77. The molecule has 0 aliphatic rings. The van der Waals surface area contributed by atoms with Gasteiger partial charge in [-0.15, -0.1) is 0 Å². The Morgan fingerprint density at radius 1 is 1.19 bits per heavy atom. The summed E-state index contributed by atoms with van der Waals surface area (Å²) in [7, 11) is 0. The highest BCUT2D eigenvalue weighted by atomic mass is 35.5. The molecule has 0 amide bonds. The van der Waals surface area contributed by atoms with Gasteiger partial charge in [0, 0.05) is 6.20 Å². The maximum atomic E-state index is 8.83. The van der Waals surface area contributed by atoms with Crippen LogP contribution in [-0.2, 0) is 6.42 Å². The van der Waals surface area contributed by atoms with E-state index in [-0.39, 0.29) is 5.15 Å². The molecular formula is C13H9ClN2. The molecule has 0 bridgehead atoms. The van der Waals surface area contributed by atoms with Crippen LogP contribution in [0.25, 0.3) is 0 Å². The van der Waals surface area contributed by atoms with Crippen LogP contribution >= 0.6 is 11.6 Å². The largest absolute Gasteiger partial charge is 0.243 e. The molecule has 2 aromatic rings. The fraction of sp³-hybridized carbons (Fsp3) is 0.0769. The molecule has 2 nitrogen and oxygen atoms in total. The molecule has 0 aliphatic heterocycles. The van der Waals surface area contributed by atoms with Gasteiger partial charge < -0.3 is 0 Å². The Morgan fingerprint density at radius 3 is 2.62 bits per heavy atom. The van der Waals surface area contributed by atoms with Crippen LogP contribution in [0.1, 0.15) is 16.7 Å². The van der Waals surface area contributed by atoms with Gasteiger partial charge in [-0.3, -0.25) is 0 Å². The van der Waals surface area contributed by atoms with E-state index in [1.54, 1.807) is 12.3 Å². The average molecular weight is 229 g/mol. The third-order valence-corrected chi connectivity index (χ3v) is 2.57. The number of halogens is 1. The van der Waals surface area contributed by atoms with Crippen molar-refractivity contribution < 1.29 is 0 Å². The van der Waals surface area contributed by atoms with Gasteiger partial charge in [0.05, 0.1) is 5.56 Å². The van der Waals surface area contributed by atoms with Gasteiger partial charge in [0.1, 0.15) is 11.2 Å². The molecule has 1 aromatic heterocycles. The highest BCUT2D eigenvalue weighted by molar-refractivity contribution is 6.30. The van der Waals surface area contributed by atoms with E-state index in [4.69, 9.17) is 16.9 Å². The molecule has 1 aromatic carbocycles. The molecular weight excluding hydrogens is 220 g/mol. The van der Waals surface area contributed by atoms with Crippen LogP contribution in [0.2, 0.25) is 5.15 Å². The maximum Gasteiger partial charge on any atom is 0.146 e. The molecule has 0 N–H and O–H groups in total. The first-order valence-electron chi connectivity index (χ1n) is 4.88. The van der Waals surface area contributed by atoms with Gasteiger partial charge in [-0.25, -0.2) is 4.98 Å². The van der Waals surface area contributed by atoms with Gasteiger partial charge in [-0.2, -0.15) is 5.26 Å². The number of hydrogen-bond donors (Lipinski definition) is 0. The lowest BCUT2D eigenvalue weighted by Crippen LogP contribution is -1.91. The molecule has 16 heavy (non-hydrogen) atoms. The predicted molar refractivity (Wildman–Crippen MR) is 63.2 cm³/mol. The van der Waals surface area contributed by atoms with E-state index in [2.05, 4.69) is 4.98 Å². The number of nitriles is 1. The number of pyridine rings is 1. The Balaban J connectivity index is 2.27. The van der Waals surface area contributed by atoms with Crippen LogP contribution in [0, 0.1) is 11.3 Å². The molecule has 3 heteroatoms. The lowest BCUT2D eigenvalue weighted by molar-refractivity contribution is 1.14. The van der Waals surface area contributed by atoms with Crippen LogP contribution < -0.4 is 0 Å². The van der Waals surface area contributed by atoms with Gasteiger partial charge in [-0.1, -0.05) is 41.9 Å². The maximum absolute atomic E-state index is 8.83. The molecule has 0 saturated heterocycles. The summed E-state index contributed by atoms with van der Waals surface area (Å²) in [6, 6.07) is 13.8. The zero-order valence-electron chi connectivity index (χ0n) is 8.52. The molecule has 2 rings (SSSR count). The Bertz CT molecular complexity index is 529. The van der Waals surface area contributed by atoms with Crippen molar-refractivity contribution in [3.63, 3.8) is 0 Å². The van der Waals surface area contributed by atoms with E-state index < -0.39 is 0 Å². The topological polar surface area (TPSA) is 36.7 Å². The Morgan fingerprint density at radius 2 is 1.94 bits per heavy atom. The third-order valence-electron chi connectivity index (χ3n) is 2.27. The first-order valence-corrected chi connectivity index (χ1v) is 5.26. The van der Waals surface area contributed by atoms with Gasteiger partial charge in [0.25, 0.3) is 0 Å². The van der Waals surface area contributed by atoms with Crippen LogP contribution in [0.5, 0.6) is 0 Å². The van der Waals surface area contributed by atoms with E-state index in [1.165, 1.54) is 5.56 Å². The van der Waals surface area contributed by atoms with E-state index in [1.807, 2.05) is 36.4 Å². The minimum Gasteiger partial charge on any atom is -0.243 e. The summed E-state index contributed by atoms with van der Waals surface area (Å²) in [5.74, 6) is 0. The lowest BCUT2D eigenvalue weighted by atomic mass is 10.1. The molecule has 0 unspecified atom stereocenters. The smallest absolute Gasteiger partial charge is 0.146 e. The van der Waals surface area contributed by atoms with E-state index in [9.17, 15) is 0 Å². The highest BCUT2D eigenvalue weighted by Crippen LogP contribution is 2.15. The lowest BCUT2D eigenvalue weighted by Gasteiger charge is -2.02. The number of nitrogens with zero attached hydrogens (tertiary/aromatic N) is 2. The van der Waals surface area contributed by atoms with Crippen molar-refractivity contribution in [3.05, 3.63) is 64.4 Å². The third kappa shape index (κ3) is 2.39. The molecule has 0 atom stereocenters. The summed E-state index contributed by atoms with van der Waals surface area (Å²) in [6.45, 7) is 0. The minimum atomic E-state index is 0.263. The van der Waals surface area contributed by atoms with Crippen molar-refractivity contribution in [3.8, 4) is 6.07 Å². The van der Waals surface area contributed by atoms with Gasteiger partial charge in [0.2, 0.25) is 0 Å². The van der Waals surface area contributed by atoms with Crippen molar-refractivity contribution in [1.82, 2.24) is 4.98 Å². The number of rotatable bonds is 2. The first-order chi connectivity index (χ1) is 7.79. The molecule has 0 radical (unpaired) electrons. The summed E-state index contributed by atoms with van der Waals surface area (Å²) in [4.78, 5) is 3.99. The van der Waals surface area contributed by atoms with Gasteiger partial charge in [0.15, 0.2) is 0 Å². The quantitative estimate of drug-likeness (QED) is 0.741.